The third-order valence-electron chi connectivity index (χ3n) is 4.49. The first-order valence-corrected chi connectivity index (χ1v) is 7.19. The fourth-order valence-electron chi connectivity index (χ4n) is 3.16. The van der Waals surface area contributed by atoms with Crippen LogP contribution in [0.15, 0.2) is 24.3 Å². The lowest BCUT2D eigenvalue weighted by Gasteiger charge is -2.37. The van der Waals surface area contributed by atoms with Crippen molar-refractivity contribution in [2.45, 2.75) is 38.1 Å². The number of aryl methyl sites for hydroxylation is 1. The Kier molecular flexibility index (Phi) is 3.67. The summed E-state index contributed by atoms with van der Waals surface area (Å²) in [5.41, 5.74) is 3.00. The third kappa shape index (κ3) is 2.60. The van der Waals surface area contributed by atoms with Gasteiger partial charge in [0, 0.05) is 19.2 Å². The quantitative estimate of drug-likeness (QED) is 0.880. The molecule has 1 saturated carbocycles. The van der Waals surface area contributed by atoms with Crippen molar-refractivity contribution in [3.63, 3.8) is 0 Å². The van der Waals surface area contributed by atoms with Gasteiger partial charge in [-0.3, -0.25) is 0 Å². The first-order valence-electron chi connectivity index (χ1n) is 7.19. The molecule has 0 radical (unpaired) electrons. The lowest BCUT2D eigenvalue weighted by molar-refractivity contribution is 0.182. The normalized spacial score (nSPS) is 31.3. The number of hydrogen-bond acceptors (Lipinski definition) is 2. The van der Waals surface area contributed by atoms with Gasteiger partial charge in [-0.25, -0.2) is 0 Å². The molecule has 0 bridgehead atoms. The Morgan fingerprint density at radius 2 is 2.11 bits per heavy atom. The predicted molar refractivity (Wildman–Crippen MR) is 73.9 cm³/mol. The molecule has 98 valence electrons. The summed E-state index contributed by atoms with van der Waals surface area (Å²) in [6.07, 6.45) is 3.85. The molecule has 1 aromatic carbocycles. The van der Waals surface area contributed by atoms with E-state index in [1.54, 1.807) is 5.56 Å². The van der Waals surface area contributed by atoms with Crippen LogP contribution in [0, 0.1) is 12.8 Å². The van der Waals surface area contributed by atoms with E-state index in [-0.39, 0.29) is 0 Å². The number of ether oxygens (including phenoxy) is 1. The Labute approximate surface area is 110 Å². The molecule has 1 heterocycles. The first-order chi connectivity index (χ1) is 8.83. The van der Waals surface area contributed by atoms with Gasteiger partial charge < -0.3 is 10.1 Å². The largest absolute Gasteiger partial charge is 0.381 e. The van der Waals surface area contributed by atoms with Gasteiger partial charge in [0.1, 0.15) is 0 Å². The summed E-state index contributed by atoms with van der Waals surface area (Å²) < 4.78 is 5.41. The maximum atomic E-state index is 5.41. The van der Waals surface area contributed by atoms with Crippen LogP contribution >= 0.6 is 0 Å². The van der Waals surface area contributed by atoms with Gasteiger partial charge in [0.25, 0.3) is 0 Å². The minimum Gasteiger partial charge on any atom is -0.381 e. The molecular weight excluding hydrogens is 222 g/mol. The highest BCUT2D eigenvalue weighted by molar-refractivity contribution is 5.31. The molecule has 2 aliphatic rings. The van der Waals surface area contributed by atoms with Crippen LogP contribution in [0.5, 0.6) is 0 Å². The molecule has 1 saturated heterocycles. The van der Waals surface area contributed by atoms with E-state index in [1.807, 2.05) is 0 Å². The molecule has 3 rings (SSSR count). The second kappa shape index (κ2) is 5.41. The Hall–Kier alpha value is -0.860. The van der Waals surface area contributed by atoms with Crippen molar-refractivity contribution in [1.29, 1.82) is 0 Å². The molecule has 0 amide bonds. The second-order valence-corrected chi connectivity index (χ2v) is 5.86. The molecule has 0 spiro atoms. The van der Waals surface area contributed by atoms with Gasteiger partial charge in [0.05, 0.1) is 6.61 Å². The zero-order chi connectivity index (χ0) is 12.4. The van der Waals surface area contributed by atoms with E-state index in [9.17, 15) is 0 Å². The summed E-state index contributed by atoms with van der Waals surface area (Å²) >= 11 is 0. The fourth-order valence-corrected chi connectivity index (χ4v) is 3.16. The van der Waals surface area contributed by atoms with Gasteiger partial charge >= 0.3 is 0 Å². The Morgan fingerprint density at radius 3 is 2.83 bits per heavy atom. The van der Waals surface area contributed by atoms with Crippen LogP contribution in [0.3, 0.4) is 0 Å². The van der Waals surface area contributed by atoms with Crippen LogP contribution in [0.25, 0.3) is 0 Å². The van der Waals surface area contributed by atoms with E-state index in [2.05, 4.69) is 36.5 Å². The van der Waals surface area contributed by atoms with Crippen LogP contribution < -0.4 is 5.32 Å². The molecule has 2 fully saturated rings. The Bertz CT molecular complexity index is 392. The highest BCUT2D eigenvalue weighted by Crippen LogP contribution is 2.38. The highest BCUT2D eigenvalue weighted by Gasteiger charge is 2.31. The Balaban J connectivity index is 1.44. The minimum atomic E-state index is 0.732. The zero-order valence-corrected chi connectivity index (χ0v) is 11.2. The second-order valence-electron chi connectivity index (χ2n) is 5.86. The highest BCUT2D eigenvalue weighted by atomic mass is 16.5. The Morgan fingerprint density at radius 1 is 1.28 bits per heavy atom. The summed E-state index contributed by atoms with van der Waals surface area (Å²) in [6, 6.07) is 9.55. The molecular formula is C16H23NO. The summed E-state index contributed by atoms with van der Waals surface area (Å²) in [7, 11) is 0. The molecule has 18 heavy (non-hydrogen) atoms. The molecule has 2 nitrogen and oxygen atoms in total. The number of hydrogen-bond donors (Lipinski definition) is 1. The molecule has 1 aliphatic heterocycles. The molecule has 0 aromatic heterocycles. The minimum absolute atomic E-state index is 0.732. The lowest BCUT2D eigenvalue weighted by atomic mass is 9.74. The van der Waals surface area contributed by atoms with Gasteiger partial charge in [-0.2, -0.15) is 0 Å². The van der Waals surface area contributed by atoms with Gasteiger partial charge in [-0.1, -0.05) is 24.3 Å². The van der Waals surface area contributed by atoms with Gasteiger partial charge in [-0.15, -0.1) is 0 Å². The summed E-state index contributed by atoms with van der Waals surface area (Å²) in [4.78, 5) is 0. The van der Waals surface area contributed by atoms with E-state index in [0.717, 1.165) is 37.6 Å². The van der Waals surface area contributed by atoms with Crippen molar-refractivity contribution < 1.29 is 4.74 Å². The molecule has 1 aliphatic carbocycles. The molecule has 2 heteroatoms. The van der Waals surface area contributed by atoms with E-state index >= 15 is 0 Å². The van der Waals surface area contributed by atoms with Crippen molar-refractivity contribution in [2.75, 3.05) is 19.8 Å². The van der Waals surface area contributed by atoms with E-state index < -0.39 is 0 Å². The smallest absolute Gasteiger partial charge is 0.0507 e. The van der Waals surface area contributed by atoms with Crippen molar-refractivity contribution in [3.05, 3.63) is 35.4 Å². The van der Waals surface area contributed by atoms with Crippen LogP contribution in [0.2, 0.25) is 0 Å². The zero-order valence-electron chi connectivity index (χ0n) is 11.2. The van der Waals surface area contributed by atoms with Gasteiger partial charge in [-0.05, 0) is 49.1 Å². The van der Waals surface area contributed by atoms with E-state index in [4.69, 9.17) is 4.74 Å². The summed E-state index contributed by atoms with van der Waals surface area (Å²) in [6.45, 7) is 5.29. The molecule has 1 aromatic rings. The van der Waals surface area contributed by atoms with Crippen LogP contribution in [0.4, 0.5) is 0 Å². The van der Waals surface area contributed by atoms with Crippen LogP contribution in [-0.4, -0.2) is 25.8 Å². The van der Waals surface area contributed by atoms with Gasteiger partial charge in [0.2, 0.25) is 0 Å². The summed E-state index contributed by atoms with van der Waals surface area (Å²) in [5, 5.41) is 3.70. The maximum absolute atomic E-state index is 5.41. The SMILES string of the molecule is Cc1ccccc1C1CC(NCC2CCOC2)C1. The monoisotopic (exact) mass is 245 g/mol. The van der Waals surface area contributed by atoms with Crippen LogP contribution in [0.1, 0.15) is 36.3 Å². The van der Waals surface area contributed by atoms with Crippen LogP contribution in [-0.2, 0) is 4.74 Å². The average Bonchev–Trinajstić information content (AvgIpc) is 2.82. The molecule has 1 unspecified atom stereocenters. The standard InChI is InChI=1S/C16H23NO/c1-12-4-2-3-5-16(12)14-8-15(9-14)17-10-13-6-7-18-11-13/h2-5,13-15,17H,6-11H2,1H3. The van der Waals surface area contributed by atoms with Crippen molar-refractivity contribution in [3.8, 4) is 0 Å². The fraction of sp³-hybridized carbons (Fsp3) is 0.625. The maximum Gasteiger partial charge on any atom is 0.0507 e. The van der Waals surface area contributed by atoms with Crippen molar-refractivity contribution in [1.82, 2.24) is 5.32 Å². The first kappa shape index (κ1) is 12.2. The summed E-state index contributed by atoms with van der Waals surface area (Å²) in [5.74, 6) is 1.53. The number of nitrogens with one attached hydrogen (secondary N) is 1. The topological polar surface area (TPSA) is 21.3 Å². The van der Waals surface area contributed by atoms with Crippen molar-refractivity contribution in [2.24, 2.45) is 5.92 Å². The number of benzene rings is 1. The van der Waals surface area contributed by atoms with E-state index in [0.29, 0.717) is 0 Å². The molecule has 1 N–H and O–H groups in total. The van der Waals surface area contributed by atoms with Crippen molar-refractivity contribution >= 4 is 0 Å². The average molecular weight is 245 g/mol. The third-order valence-corrected chi connectivity index (χ3v) is 4.49. The lowest BCUT2D eigenvalue weighted by Crippen LogP contribution is -2.42. The predicted octanol–water partition coefficient (Wildman–Crippen LogP) is 2.87. The number of rotatable bonds is 4. The molecule has 1 atom stereocenters. The van der Waals surface area contributed by atoms with E-state index in [1.165, 1.54) is 24.8 Å². The van der Waals surface area contributed by atoms with Gasteiger partial charge in [0.15, 0.2) is 0 Å².